The molecule has 3 N–H and O–H groups in total. The third-order valence-corrected chi connectivity index (χ3v) is 4.31. The van der Waals surface area contributed by atoms with Crippen molar-refractivity contribution in [2.75, 3.05) is 19.3 Å². The summed E-state index contributed by atoms with van der Waals surface area (Å²) >= 11 is 0. The van der Waals surface area contributed by atoms with Crippen LogP contribution in [-0.4, -0.2) is 38.9 Å². The Kier molecular flexibility index (Phi) is 5.52. The van der Waals surface area contributed by atoms with E-state index in [-0.39, 0.29) is 11.7 Å². The number of nitrogen functional groups attached to an aromatic ring is 1. The zero-order valence-electron chi connectivity index (χ0n) is 12.0. The molecule has 0 radical (unpaired) electrons. The number of hydrogen-bond donors (Lipinski definition) is 2. The third kappa shape index (κ3) is 4.82. The number of benzene rings is 1. The fraction of sp³-hybridized carbons (Fsp3) is 0.462. The molecule has 0 saturated carbocycles. The van der Waals surface area contributed by atoms with E-state index in [2.05, 4.69) is 4.72 Å². The largest absolute Gasteiger partial charge is 0.399 e. The lowest BCUT2D eigenvalue weighted by molar-refractivity contribution is -0.131. The van der Waals surface area contributed by atoms with Gasteiger partial charge in [-0.05, 0) is 31.5 Å². The summed E-state index contributed by atoms with van der Waals surface area (Å²) in [5, 5.41) is 0. The van der Waals surface area contributed by atoms with Gasteiger partial charge in [0.05, 0.1) is 11.8 Å². The van der Waals surface area contributed by atoms with Crippen molar-refractivity contribution < 1.29 is 13.2 Å². The standard InChI is InChI=1S/C13H21N3O3S/c1-4-16(3)13(17)10(2)15-20(18,19)9-11-6-5-7-12(14)8-11/h5-8,10,15H,4,9,14H2,1-3H3. The number of hydrogen-bond acceptors (Lipinski definition) is 4. The van der Waals surface area contributed by atoms with Crippen molar-refractivity contribution in [2.24, 2.45) is 0 Å². The molecule has 1 unspecified atom stereocenters. The van der Waals surface area contributed by atoms with E-state index in [0.717, 1.165) is 0 Å². The van der Waals surface area contributed by atoms with Gasteiger partial charge in [-0.15, -0.1) is 0 Å². The first-order chi connectivity index (χ1) is 9.25. The van der Waals surface area contributed by atoms with Crippen molar-refractivity contribution in [3.8, 4) is 0 Å². The van der Waals surface area contributed by atoms with Gasteiger partial charge in [-0.25, -0.2) is 13.1 Å². The Morgan fingerprint density at radius 1 is 1.45 bits per heavy atom. The SMILES string of the molecule is CCN(C)C(=O)C(C)NS(=O)(=O)Cc1cccc(N)c1. The maximum absolute atomic E-state index is 12.0. The fourth-order valence-corrected chi connectivity index (χ4v) is 3.09. The van der Waals surface area contributed by atoms with Crippen LogP contribution in [0.3, 0.4) is 0 Å². The maximum Gasteiger partial charge on any atom is 0.240 e. The maximum atomic E-state index is 12.0. The molecule has 1 aromatic carbocycles. The Labute approximate surface area is 120 Å². The Balaban J connectivity index is 2.73. The zero-order chi connectivity index (χ0) is 15.3. The van der Waals surface area contributed by atoms with Gasteiger partial charge in [0.15, 0.2) is 0 Å². The summed E-state index contributed by atoms with van der Waals surface area (Å²) in [5.74, 6) is -0.463. The van der Waals surface area contributed by atoms with Crippen molar-refractivity contribution in [1.82, 2.24) is 9.62 Å². The minimum atomic E-state index is -3.59. The van der Waals surface area contributed by atoms with E-state index >= 15 is 0 Å². The molecule has 0 aliphatic carbocycles. The van der Waals surface area contributed by atoms with Crippen LogP contribution < -0.4 is 10.5 Å². The van der Waals surface area contributed by atoms with E-state index in [1.165, 1.54) is 11.8 Å². The summed E-state index contributed by atoms with van der Waals surface area (Å²) in [6.07, 6.45) is 0. The molecule has 0 fully saturated rings. The van der Waals surface area contributed by atoms with Gasteiger partial charge in [-0.3, -0.25) is 4.79 Å². The summed E-state index contributed by atoms with van der Waals surface area (Å²) in [7, 11) is -1.96. The number of sulfonamides is 1. The minimum Gasteiger partial charge on any atom is -0.399 e. The first-order valence-electron chi connectivity index (χ1n) is 6.34. The summed E-state index contributed by atoms with van der Waals surface area (Å²) in [6.45, 7) is 3.89. The van der Waals surface area contributed by atoms with E-state index in [9.17, 15) is 13.2 Å². The number of anilines is 1. The van der Waals surface area contributed by atoms with Crippen LogP contribution in [0.25, 0.3) is 0 Å². The molecule has 1 amide bonds. The summed E-state index contributed by atoms with van der Waals surface area (Å²) < 4.78 is 26.4. The highest BCUT2D eigenvalue weighted by molar-refractivity contribution is 7.88. The Hall–Kier alpha value is -1.60. The average molecular weight is 299 g/mol. The van der Waals surface area contributed by atoms with E-state index < -0.39 is 16.1 Å². The second kappa shape index (κ2) is 6.71. The van der Waals surface area contributed by atoms with Gasteiger partial charge >= 0.3 is 0 Å². The number of rotatable bonds is 6. The van der Waals surface area contributed by atoms with Gasteiger partial charge < -0.3 is 10.6 Å². The number of likely N-dealkylation sites (N-methyl/N-ethyl adjacent to an activating group) is 1. The molecule has 7 heteroatoms. The van der Waals surface area contributed by atoms with Crippen LogP contribution in [0.1, 0.15) is 19.4 Å². The minimum absolute atomic E-state index is 0.203. The van der Waals surface area contributed by atoms with Gasteiger partial charge in [0.1, 0.15) is 0 Å². The molecule has 0 aliphatic rings. The smallest absolute Gasteiger partial charge is 0.240 e. The molecule has 0 heterocycles. The summed E-state index contributed by atoms with van der Waals surface area (Å²) in [6, 6.07) is 5.88. The van der Waals surface area contributed by atoms with Crippen molar-refractivity contribution in [1.29, 1.82) is 0 Å². The lowest BCUT2D eigenvalue weighted by Gasteiger charge is -2.20. The molecule has 6 nitrogen and oxygen atoms in total. The molecule has 20 heavy (non-hydrogen) atoms. The van der Waals surface area contributed by atoms with Gasteiger partial charge in [0, 0.05) is 19.3 Å². The number of carbonyl (C=O) groups excluding carboxylic acids is 1. The van der Waals surface area contributed by atoms with Crippen molar-refractivity contribution in [3.63, 3.8) is 0 Å². The van der Waals surface area contributed by atoms with E-state index in [1.807, 2.05) is 6.92 Å². The van der Waals surface area contributed by atoms with Crippen molar-refractivity contribution in [3.05, 3.63) is 29.8 Å². The molecule has 0 aliphatic heterocycles. The monoisotopic (exact) mass is 299 g/mol. The van der Waals surface area contributed by atoms with Gasteiger partial charge in [0.25, 0.3) is 0 Å². The molecular formula is C13H21N3O3S. The van der Waals surface area contributed by atoms with Crippen molar-refractivity contribution >= 4 is 21.6 Å². The van der Waals surface area contributed by atoms with Crippen LogP contribution in [-0.2, 0) is 20.6 Å². The highest BCUT2D eigenvalue weighted by Crippen LogP contribution is 2.10. The quantitative estimate of drug-likeness (QED) is 0.750. The first kappa shape index (κ1) is 16.5. The topological polar surface area (TPSA) is 92.5 Å². The molecule has 1 rings (SSSR count). The van der Waals surface area contributed by atoms with Crippen LogP contribution in [0, 0.1) is 0 Å². The van der Waals surface area contributed by atoms with Crippen LogP contribution in [0.2, 0.25) is 0 Å². The fourth-order valence-electron chi connectivity index (χ4n) is 1.75. The summed E-state index contributed by atoms with van der Waals surface area (Å²) in [4.78, 5) is 13.3. The van der Waals surface area contributed by atoms with Crippen LogP contribution in [0.4, 0.5) is 5.69 Å². The number of nitrogens with two attached hydrogens (primary N) is 1. The predicted octanol–water partition coefficient (Wildman–Crippen LogP) is 0.555. The van der Waals surface area contributed by atoms with Crippen molar-refractivity contribution in [2.45, 2.75) is 25.6 Å². The second-order valence-corrected chi connectivity index (χ2v) is 6.45. The molecule has 1 aromatic rings. The van der Waals surface area contributed by atoms with Crippen LogP contribution in [0.15, 0.2) is 24.3 Å². The molecule has 1 atom stereocenters. The van der Waals surface area contributed by atoms with Gasteiger partial charge in [-0.2, -0.15) is 0 Å². The lowest BCUT2D eigenvalue weighted by atomic mass is 10.2. The first-order valence-corrected chi connectivity index (χ1v) is 7.99. The summed E-state index contributed by atoms with van der Waals surface area (Å²) in [5.41, 5.74) is 6.70. The molecular weight excluding hydrogens is 278 g/mol. The molecule has 0 saturated heterocycles. The van der Waals surface area contributed by atoms with E-state index in [1.54, 1.807) is 31.3 Å². The molecule has 112 valence electrons. The molecule has 0 spiro atoms. The van der Waals surface area contributed by atoms with Crippen LogP contribution in [0.5, 0.6) is 0 Å². The second-order valence-electron chi connectivity index (χ2n) is 4.70. The van der Waals surface area contributed by atoms with E-state index in [4.69, 9.17) is 5.73 Å². The number of carbonyl (C=O) groups is 1. The number of nitrogens with one attached hydrogen (secondary N) is 1. The van der Waals surface area contributed by atoms with Crippen LogP contribution >= 0.6 is 0 Å². The molecule has 0 bridgehead atoms. The Bertz CT molecular complexity index is 572. The molecule has 0 aromatic heterocycles. The Morgan fingerprint density at radius 2 is 2.10 bits per heavy atom. The van der Waals surface area contributed by atoms with Gasteiger partial charge in [0.2, 0.25) is 15.9 Å². The average Bonchev–Trinajstić information content (AvgIpc) is 2.35. The third-order valence-electron chi connectivity index (χ3n) is 2.89. The zero-order valence-corrected chi connectivity index (χ0v) is 12.8. The normalized spacial score (nSPS) is 12.9. The predicted molar refractivity (Wildman–Crippen MR) is 79.4 cm³/mol. The number of amides is 1. The highest BCUT2D eigenvalue weighted by Gasteiger charge is 2.22. The number of nitrogens with zero attached hydrogens (tertiary/aromatic N) is 1. The Morgan fingerprint density at radius 3 is 2.65 bits per heavy atom. The van der Waals surface area contributed by atoms with Gasteiger partial charge in [-0.1, -0.05) is 12.1 Å². The highest BCUT2D eigenvalue weighted by atomic mass is 32.2. The lowest BCUT2D eigenvalue weighted by Crippen LogP contribution is -2.45. The van der Waals surface area contributed by atoms with E-state index in [0.29, 0.717) is 17.8 Å².